The summed E-state index contributed by atoms with van der Waals surface area (Å²) in [5.41, 5.74) is 0. The van der Waals surface area contributed by atoms with Crippen molar-refractivity contribution in [3.05, 3.63) is 6.42 Å². The zero-order chi connectivity index (χ0) is 10.3. The third kappa shape index (κ3) is 6.94. The van der Waals surface area contributed by atoms with Crippen LogP contribution in [0, 0.1) is 6.42 Å². The molecule has 0 spiro atoms. The number of esters is 2. The number of Topliss-reactive ketones (excluding diaryl/α,β-unsaturated/α-hetero) is 1. The minimum absolute atomic E-state index is 0. The van der Waals surface area contributed by atoms with Crippen molar-refractivity contribution in [3.63, 3.8) is 0 Å². The van der Waals surface area contributed by atoms with Crippen LogP contribution in [0.5, 0.6) is 0 Å². The van der Waals surface area contributed by atoms with Crippen LogP contribution in [0.25, 0.3) is 0 Å². The van der Waals surface area contributed by atoms with E-state index >= 15 is 0 Å². The summed E-state index contributed by atoms with van der Waals surface area (Å²) in [6.45, 7) is 3.42. The second-order valence-electron chi connectivity index (χ2n) is 1.98. The van der Waals surface area contributed by atoms with Gasteiger partial charge in [-0.3, -0.25) is 4.79 Å². The van der Waals surface area contributed by atoms with Gasteiger partial charge in [0.2, 0.25) is 5.97 Å². The van der Waals surface area contributed by atoms with Gasteiger partial charge in [0.15, 0.2) is 0 Å². The molecule has 0 saturated carbocycles. The van der Waals surface area contributed by atoms with Crippen molar-refractivity contribution in [1.29, 1.82) is 0 Å². The van der Waals surface area contributed by atoms with Crippen molar-refractivity contribution in [2.45, 2.75) is 13.8 Å². The molecule has 0 saturated heterocycles. The second-order valence-corrected chi connectivity index (χ2v) is 1.98. The maximum atomic E-state index is 10.8. The van der Waals surface area contributed by atoms with Gasteiger partial charge in [-0.15, -0.1) is 0 Å². The Morgan fingerprint density at radius 1 is 1.07 bits per heavy atom. The van der Waals surface area contributed by atoms with Gasteiger partial charge < -0.3 is 19.1 Å². The molecule has 5 nitrogen and oxygen atoms in total. The predicted octanol–water partition coefficient (Wildman–Crippen LogP) is -3.11. The van der Waals surface area contributed by atoms with E-state index in [2.05, 4.69) is 9.47 Å². The summed E-state index contributed by atoms with van der Waals surface area (Å²) in [4.78, 5) is 32.1. The summed E-state index contributed by atoms with van der Waals surface area (Å²) >= 11 is 0. The van der Waals surface area contributed by atoms with Crippen LogP contribution in [0.15, 0.2) is 0 Å². The Bertz CT molecular complexity index is 214. The van der Waals surface area contributed by atoms with E-state index in [4.69, 9.17) is 0 Å². The zero-order valence-electron chi connectivity index (χ0n) is 8.53. The van der Waals surface area contributed by atoms with E-state index in [-0.39, 0.29) is 42.8 Å². The minimum Gasteiger partial charge on any atom is -0.545 e. The molecule has 0 rings (SSSR count). The monoisotopic (exact) mass is 210 g/mol. The maximum absolute atomic E-state index is 10.8. The van der Waals surface area contributed by atoms with Crippen LogP contribution in [-0.2, 0) is 23.9 Å². The number of ether oxygens (including phenoxy) is 2. The van der Waals surface area contributed by atoms with E-state index in [0.717, 1.165) is 0 Å². The smallest absolute Gasteiger partial charge is 0.545 e. The Labute approximate surface area is 104 Å². The first-order chi connectivity index (χ1) is 6.11. The van der Waals surface area contributed by atoms with Crippen molar-refractivity contribution in [3.8, 4) is 0 Å². The third-order valence-electron chi connectivity index (χ3n) is 1.01. The maximum Gasteiger partial charge on any atom is 1.00 e. The Morgan fingerprint density at radius 3 is 2.00 bits per heavy atom. The number of ketones is 1. The normalized spacial score (nSPS) is 8.14. The SMILES string of the molecule is CCOC(=O)[CH-]C(=O)C(=O)OCC.[Na+]. The van der Waals surface area contributed by atoms with Crippen molar-refractivity contribution in [1.82, 2.24) is 0 Å². The fourth-order valence-electron chi connectivity index (χ4n) is 0.552. The van der Waals surface area contributed by atoms with Crippen molar-refractivity contribution in [2.75, 3.05) is 13.2 Å². The molecule has 0 N–H and O–H groups in total. The second kappa shape index (κ2) is 9.05. The molecule has 0 aromatic carbocycles. The average Bonchev–Trinajstić information content (AvgIpc) is 2.05. The first kappa shape index (κ1) is 15.9. The van der Waals surface area contributed by atoms with Crippen LogP contribution in [0.4, 0.5) is 0 Å². The van der Waals surface area contributed by atoms with Gasteiger partial charge in [-0.1, -0.05) is 6.42 Å². The topological polar surface area (TPSA) is 69.7 Å². The number of hydrogen-bond acceptors (Lipinski definition) is 5. The van der Waals surface area contributed by atoms with Crippen molar-refractivity contribution >= 4 is 17.7 Å². The molecule has 0 unspecified atom stereocenters. The van der Waals surface area contributed by atoms with E-state index in [1.807, 2.05) is 0 Å². The van der Waals surface area contributed by atoms with E-state index < -0.39 is 17.7 Å². The fourth-order valence-corrected chi connectivity index (χ4v) is 0.552. The number of hydrogen-bond donors (Lipinski definition) is 0. The molecule has 0 atom stereocenters. The third-order valence-corrected chi connectivity index (χ3v) is 1.01. The summed E-state index contributed by atoms with van der Waals surface area (Å²) in [6.07, 6.45) is 0.571. The number of carbonyl (C=O) groups is 3. The molecule has 0 aliphatic carbocycles. The van der Waals surface area contributed by atoms with E-state index in [1.54, 1.807) is 13.8 Å². The molecule has 0 aliphatic rings. The first-order valence-electron chi connectivity index (χ1n) is 3.84. The van der Waals surface area contributed by atoms with Gasteiger partial charge in [0.1, 0.15) is 5.78 Å². The van der Waals surface area contributed by atoms with Gasteiger partial charge >= 0.3 is 29.6 Å². The summed E-state index contributed by atoms with van der Waals surface area (Å²) in [5.74, 6) is -2.88. The van der Waals surface area contributed by atoms with Gasteiger partial charge in [-0.05, 0) is 13.8 Å². The van der Waals surface area contributed by atoms with Crippen molar-refractivity contribution in [2.24, 2.45) is 0 Å². The molecule has 74 valence electrons. The summed E-state index contributed by atoms with van der Waals surface area (Å²) in [7, 11) is 0. The molecule has 0 heterocycles. The van der Waals surface area contributed by atoms with Gasteiger partial charge in [-0.25, -0.2) is 0 Å². The van der Waals surface area contributed by atoms with Gasteiger partial charge in [0.05, 0.1) is 13.2 Å². The summed E-state index contributed by atoms with van der Waals surface area (Å²) in [5, 5.41) is 0. The molecule has 6 heteroatoms. The van der Waals surface area contributed by atoms with E-state index in [9.17, 15) is 14.4 Å². The molecular weight excluding hydrogens is 199 g/mol. The van der Waals surface area contributed by atoms with Crippen LogP contribution < -0.4 is 29.6 Å². The fraction of sp³-hybridized carbons (Fsp3) is 0.500. The van der Waals surface area contributed by atoms with Gasteiger partial charge in [0.25, 0.3) is 5.97 Å². The largest absolute Gasteiger partial charge is 1.00 e. The molecule has 0 amide bonds. The summed E-state index contributed by atoms with van der Waals surface area (Å²) in [6, 6.07) is 0. The quantitative estimate of drug-likeness (QED) is 0.158. The molecular formula is C8H11NaO5. The molecule has 0 aromatic rings. The number of carbonyl (C=O) groups excluding carboxylic acids is 3. The van der Waals surface area contributed by atoms with Crippen LogP contribution in [-0.4, -0.2) is 30.9 Å². The minimum atomic E-state index is -1.05. The van der Waals surface area contributed by atoms with Crippen LogP contribution in [0.1, 0.15) is 13.8 Å². The number of rotatable bonds is 5. The summed E-state index contributed by atoms with van der Waals surface area (Å²) < 4.78 is 8.77. The Kier molecular flexibility index (Phi) is 10.3. The molecule has 0 fully saturated rings. The molecule has 0 bridgehead atoms. The van der Waals surface area contributed by atoms with Crippen LogP contribution in [0.3, 0.4) is 0 Å². The molecule has 14 heavy (non-hydrogen) atoms. The van der Waals surface area contributed by atoms with Crippen molar-refractivity contribution < 1.29 is 53.4 Å². The standard InChI is InChI=1S/C8H11O5.Na/c1-3-12-7(10)5-6(9)8(11)13-4-2;/h5H,3-4H2,1-2H3;/q-1;+1. The Morgan fingerprint density at radius 2 is 1.57 bits per heavy atom. The first-order valence-corrected chi connectivity index (χ1v) is 3.84. The Hall–Kier alpha value is -0.520. The van der Waals surface area contributed by atoms with Crippen LogP contribution in [0.2, 0.25) is 0 Å². The molecule has 0 aromatic heterocycles. The average molecular weight is 210 g/mol. The zero-order valence-corrected chi connectivity index (χ0v) is 10.5. The van der Waals surface area contributed by atoms with Crippen LogP contribution >= 0.6 is 0 Å². The molecule has 0 radical (unpaired) electrons. The van der Waals surface area contributed by atoms with E-state index in [0.29, 0.717) is 6.42 Å². The molecule has 0 aliphatic heterocycles. The van der Waals surface area contributed by atoms with Gasteiger partial charge in [-0.2, -0.15) is 0 Å². The van der Waals surface area contributed by atoms with E-state index in [1.165, 1.54) is 0 Å². The predicted molar refractivity (Wildman–Crippen MR) is 42.6 cm³/mol. The van der Waals surface area contributed by atoms with Gasteiger partial charge in [0, 0.05) is 0 Å². The Balaban J connectivity index is 0.